The van der Waals surface area contributed by atoms with Crippen LogP contribution in [0, 0.1) is 0 Å². The van der Waals surface area contributed by atoms with E-state index in [1.807, 2.05) is 11.6 Å². The second-order valence-corrected chi connectivity index (χ2v) is 10.1. The highest BCUT2D eigenvalue weighted by Crippen LogP contribution is 2.32. The monoisotopic (exact) mass is 490 g/mol. The smallest absolute Gasteiger partial charge is 0.330 e. The number of anilines is 2. The van der Waals surface area contributed by atoms with E-state index in [1.54, 1.807) is 0 Å². The molecule has 186 valence electrons. The third-order valence-electron chi connectivity index (χ3n) is 6.86. The van der Waals surface area contributed by atoms with Gasteiger partial charge in [0.15, 0.2) is 5.69 Å². The van der Waals surface area contributed by atoms with Crippen LogP contribution in [0.4, 0.5) is 11.5 Å². The highest BCUT2D eigenvalue weighted by Gasteiger charge is 2.33. The van der Waals surface area contributed by atoms with E-state index in [-0.39, 0.29) is 35.2 Å². The number of thioether (sulfide) groups is 1. The molecule has 2 aliphatic rings. The standard InChI is InChI=1S/C22H34N8O3S/c1-2-3-13-28-19(23)18(20(32)24-21(28)33)29(15-9-7-8-10-15)17(31)14-34-22-25-26-27-30(22)16-11-5-4-6-12-16/h15-16H,2-14,23H2,1H3,(H,24,32,33). The van der Waals surface area contributed by atoms with Gasteiger partial charge in [0.1, 0.15) is 5.82 Å². The summed E-state index contributed by atoms with van der Waals surface area (Å²) in [5.74, 6) is -0.0937. The number of amides is 1. The van der Waals surface area contributed by atoms with Crippen molar-refractivity contribution in [3.8, 4) is 0 Å². The van der Waals surface area contributed by atoms with E-state index in [2.05, 4.69) is 20.5 Å². The van der Waals surface area contributed by atoms with E-state index < -0.39 is 11.2 Å². The lowest BCUT2D eigenvalue weighted by atomic mass is 9.96. The molecule has 4 rings (SSSR count). The molecule has 34 heavy (non-hydrogen) atoms. The molecule has 3 N–H and O–H groups in total. The Bertz CT molecular complexity index is 1100. The number of nitrogens with one attached hydrogen (secondary N) is 1. The highest BCUT2D eigenvalue weighted by molar-refractivity contribution is 7.99. The van der Waals surface area contributed by atoms with Crippen molar-refractivity contribution < 1.29 is 4.79 Å². The number of nitrogen functional groups attached to an aromatic ring is 1. The molecule has 11 nitrogen and oxygen atoms in total. The maximum Gasteiger partial charge on any atom is 0.330 e. The van der Waals surface area contributed by atoms with E-state index in [0.717, 1.165) is 64.2 Å². The van der Waals surface area contributed by atoms with Crippen molar-refractivity contribution >= 4 is 29.2 Å². The van der Waals surface area contributed by atoms with E-state index in [0.29, 0.717) is 11.7 Å². The Hall–Kier alpha value is -2.63. The minimum atomic E-state index is -0.618. The van der Waals surface area contributed by atoms with Gasteiger partial charge in [-0.15, -0.1) is 5.10 Å². The molecule has 2 aliphatic carbocycles. The van der Waals surface area contributed by atoms with Crippen molar-refractivity contribution in [2.45, 2.75) is 101 Å². The third kappa shape index (κ3) is 5.21. The van der Waals surface area contributed by atoms with Crippen molar-refractivity contribution in [3.05, 3.63) is 20.8 Å². The first-order valence-electron chi connectivity index (χ1n) is 12.4. The molecule has 0 atom stereocenters. The van der Waals surface area contributed by atoms with Crippen LogP contribution in [0.15, 0.2) is 14.7 Å². The Labute approximate surface area is 202 Å². The quantitative estimate of drug-likeness (QED) is 0.510. The van der Waals surface area contributed by atoms with E-state index in [4.69, 9.17) is 5.73 Å². The van der Waals surface area contributed by atoms with Crippen LogP contribution in [-0.4, -0.2) is 47.5 Å². The summed E-state index contributed by atoms with van der Waals surface area (Å²) in [6.07, 6.45) is 10.8. The molecule has 2 fully saturated rings. The second-order valence-electron chi connectivity index (χ2n) is 9.19. The maximum absolute atomic E-state index is 13.6. The highest BCUT2D eigenvalue weighted by atomic mass is 32.2. The zero-order valence-electron chi connectivity index (χ0n) is 19.7. The fraction of sp³-hybridized carbons (Fsp3) is 0.727. The molecule has 2 heterocycles. The van der Waals surface area contributed by atoms with Crippen LogP contribution in [0.25, 0.3) is 0 Å². The maximum atomic E-state index is 13.6. The molecule has 2 aromatic heterocycles. The molecule has 0 spiro atoms. The Morgan fingerprint density at radius 3 is 2.56 bits per heavy atom. The molecule has 1 amide bonds. The number of nitrogens with zero attached hydrogens (tertiary/aromatic N) is 6. The van der Waals surface area contributed by atoms with Crippen molar-refractivity contribution in [1.82, 2.24) is 29.8 Å². The molecule has 0 aromatic carbocycles. The van der Waals surface area contributed by atoms with Crippen LogP contribution in [0.5, 0.6) is 0 Å². The summed E-state index contributed by atoms with van der Waals surface area (Å²) in [6.45, 7) is 2.41. The number of rotatable bonds is 9. The molecule has 2 saturated carbocycles. The van der Waals surface area contributed by atoms with Gasteiger partial charge in [-0.1, -0.05) is 57.2 Å². The second kappa shape index (κ2) is 11.2. The molecule has 0 bridgehead atoms. The van der Waals surface area contributed by atoms with Crippen molar-refractivity contribution in [1.29, 1.82) is 0 Å². The number of carbonyl (C=O) groups is 1. The van der Waals surface area contributed by atoms with Crippen LogP contribution >= 0.6 is 11.8 Å². The molecular weight excluding hydrogens is 456 g/mol. The molecular formula is C22H34N8O3S. The largest absolute Gasteiger partial charge is 0.383 e. The van der Waals surface area contributed by atoms with Gasteiger partial charge in [0.25, 0.3) is 5.56 Å². The number of hydrogen-bond donors (Lipinski definition) is 2. The molecule has 0 radical (unpaired) electrons. The lowest BCUT2D eigenvalue weighted by molar-refractivity contribution is -0.116. The summed E-state index contributed by atoms with van der Waals surface area (Å²) in [5, 5.41) is 12.8. The first kappa shape index (κ1) is 24.5. The van der Waals surface area contributed by atoms with Crippen molar-refractivity contribution in [2.24, 2.45) is 0 Å². The van der Waals surface area contributed by atoms with Crippen LogP contribution in [0.2, 0.25) is 0 Å². The van der Waals surface area contributed by atoms with Gasteiger partial charge in [-0.05, 0) is 42.5 Å². The zero-order valence-corrected chi connectivity index (χ0v) is 20.6. The molecule has 12 heteroatoms. The summed E-state index contributed by atoms with van der Waals surface area (Å²) in [5.41, 5.74) is 5.27. The van der Waals surface area contributed by atoms with Gasteiger partial charge in [0.05, 0.1) is 11.8 Å². The van der Waals surface area contributed by atoms with E-state index in [9.17, 15) is 14.4 Å². The summed E-state index contributed by atoms with van der Waals surface area (Å²) in [6, 6.07) is 0.135. The summed E-state index contributed by atoms with van der Waals surface area (Å²) in [4.78, 5) is 42.8. The fourth-order valence-corrected chi connectivity index (χ4v) is 5.86. The van der Waals surface area contributed by atoms with Gasteiger partial charge in [-0.3, -0.25) is 19.1 Å². The van der Waals surface area contributed by atoms with Crippen molar-refractivity contribution in [2.75, 3.05) is 16.4 Å². The number of unbranched alkanes of at least 4 members (excludes halogenated alkanes) is 1. The Kier molecular flexibility index (Phi) is 8.07. The van der Waals surface area contributed by atoms with Crippen LogP contribution in [-0.2, 0) is 11.3 Å². The molecule has 2 aromatic rings. The minimum Gasteiger partial charge on any atom is -0.383 e. The van der Waals surface area contributed by atoms with E-state index >= 15 is 0 Å². The first-order valence-corrected chi connectivity index (χ1v) is 13.3. The third-order valence-corrected chi connectivity index (χ3v) is 7.77. The number of aromatic amines is 1. The van der Waals surface area contributed by atoms with Gasteiger partial charge in [0, 0.05) is 12.6 Å². The number of hydrogen-bond acceptors (Lipinski definition) is 8. The number of H-pyrrole nitrogens is 1. The Morgan fingerprint density at radius 1 is 1.15 bits per heavy atom. The average Bonchev–Trinajstić information content (AvgIpc) is 3.53. The van der Waals surface area contributed by atoms with Gasteiger partial charge < -0.3 is 10.6 Å². The van der Waals surface area contributed by atoms with Gasteiger partial charge in [-0.2, -0.15) is 0 Å². The summed E-state index contributed by atoms with van der Waals surface area (Å²) < 4.78 is 3.20. The Morgan fingerprint density at radius 2 is 1.85 bits per heavy atom. The Balaban J connectivity index is 1.60. The zero-order chi connectivity index (χ0) is 24.1. The normalized spacial score (nSPS) is 17.3. The summed E-state index contributed by atoms with van der Waals surface area (Å²) in [7, 11) is 0. The summed E-state index contributed by atoms with van der Waals surface area (Å²) >= 11 is 1.28. The predicted octanol–water partition coefficient (Wildman–Crippen LogP) is 2.48. The van der Waals surface area contributed by atoms with Gasteiger partial charge >= 0.3 is 5.69 Å². The van der Waals surface area contributed by atoms with Crippen molar-refractivity contribution in [3.63, 3.8) is 0 Å². The molecule has 0 unspecified atom stereocenters. The van der Waals surface area contributed by atoms with Gasteiger partial charge in [0.2, 0.25) is 11.1 Å². The van der Waals surface area contributed by atoms with Crippen LogP contribution < -0.4 is 21.9 Å². The minimum absolute atomic E-state index is 0.0551. The van der Waals surface area contributed by atoms with Crippen LogP contribution in [0.3, 0.4) is 0 Å². The first-order chi connectivity index (χ1) is 16.5. The SMILES string of the molecule is CCCCn1c(N)c(N(C(=O)CSc2nnnn2C2CCCCC2)C2CCCC2)c(=O)[nH]c1=O. The predicted molar refractivity (Wildman–Crippen MR) is 131 cm³/mol. The fourth-order valence-electron chi connectivity index (χ4n) is 5.05. The molecule has 0 aliphatic heterocycles. The number of carbonyl (C=O) groups excluding carboxylic acids is 1. The number of aromatic nitrogens is 6. The van der Waals surface area contributed by atoms with Gasteiger partial charge in [-0.25, -0.2) is 9.48 Å². The lowest BCUT2D eigenvalue weighted by Crippen LogP contribution is -2.46. The number of nitrogens with two attached hydrogens (primary N) is 1. The van der Waals surface area contributed by atoms with Crippen LogP contribution in [0.1, 0.15) is 83.6 Å². The molecule has 0 saturated heterocycles. The lowest BCUT2D eigenvalue weighted by Gasteiger charge is -2.30. The topological polar surface area (TPSA) is 145 Å². The average molecular weight is 491 g/mol. The van der Waals surface area contributed by atoms with E-state index in [1.165, 1.54) is 27.6 Å². The number of tetrazole rings is 1.